The van der Waals surface area contributed by atoms with Crippen molar-refractivity contribution in [3.63, 3.8) is 0 Å². The number of nitrogens with zero attached hydrogens (tertiary/aromatic N) is 2. The Kier molecular flexibility index (Phi) is 6.45. The lowest BCUT2D eigenvalue weighted by Gasteiger charge is -2.36. The smallest absolute Gasteiger partial charge is 0.410 e. The van der Waals surface area contributed by atoms with Gasteiger partial charge in [-0.05, 0) is 70.2 Å². The van der Waals surface area contributed by atoms with Crippen LogP contribution in [0.2, 0.25) is 10.0 Å². The first kappa shape index (κ1) is 21.3. The van der Waals surface area contributed by atoms with Crippen molar-refractivity contribution in [2.24, 2.45) is 5.92 Å². The first-order valence-corrected chi connectivity index (χ1v) is 10.6. The van der Waals surface area contributed by atoms with Crippen molar-refractivity contribution in [1.82, 2.24) is 9.80 Å². The molecule has 2 fully saturated rings. The van der Waals surface area contributed by atoms with E-state index in [-0.39, 0.29) is 24.0 Å². The summed E-state index contributed by atoms with van der Waals surface area (Å²) in [6.07, 6.45) is 3.25. The van der Waals surface area contributed by atoms with Gasteiger partial charge in [-0.1, -0.05) is 23.2 Å². The predicted molar refractivity (Wildman–Crippen MR) is 111 cm³/mol. The number of likely N-dealkylation sites (tertiary alicyclic amines) is 1. The number of amides is 2. The molecule has 0 bridgehead atoms. The second kappa shape index (κ2) is 8.50. The predicted octanol–water partition coefficient (Wildman–Crippen LogP) is 5.13. The average Bonchev–Trinajstić information content (AvgIpc) is 3.45. The Morgan fingerprint density at radius 1 is 1.21 bits per heavy atom. The summed E-state index contributed by atoms with van der Waals surface area (Å²) in [5.41, 5.74) is 0.312. The Morgan fingerprint density at radius 3 is 2.57 bits per heavy atom. The highest BCUT2D eigenvalue weighted by molar-refractivity contribution is 6.33. The molecule has 1 heterocycles. The number of carbonyl (C=O) groups excluding carboxylic acids is 2. The lowest BCUT2D eigenvalue weighted by atomic mass is 9.96. The minimum absolute atomic E-state index is 0.0896. The summed E-state index contributed by atoms with van der Waals surface area (Å²) in [7, 11) is 0. The number of halogens is 2. The third-order valence-corrected chi connectivity index (χ3v) is 5.65. The zero-order valence-electron chi connectivity index (χ0n) is 16.7. The molecule has 1 saturated heterocycles. The van der Waals surface area contributed by atoms with Gasteiger partial charge in [-0.2, -0.15) is 0 Å². The molecule has 7 heteroatoms. The summed E-state index contributed by atoms with van der Waals surface area (Å²) in [6.45, 7) is 7.03. The van der Waals surface area contributed by atoms with Gasteiger partial charge in [0.25, 0.3) is 0 Å². The van der Waals surface area contributed by atoms with Gasteiger partial charge < -0.3 is 14.5 Å². The van der Waals surface area contributed by atoms with Crippen LogP contribution < -0.4 is 0 Å². The molecule has 28 heavy (non-hydrogen) atoms. The van der Waals surface area contributed by atoms with Crippen molar-refractivity contribution in [1.29, 1.82) is 0 Å². The lowest BCUT2D eigenvalue weighted by molar-refractivity contribution is -0.138. The third kappa shape index (κ3) is 5.54. The van der Waals surface area contributed by atoms with Crippen LogP contribution in [0, 0.1) is 5.92 Å². The molecule has 1 aromatic rings. The summed E-state index contributed by atoms with van der Waals surface area (Å²) in [4.78, 5) is 29.3. The molecule has 0 unspecified atom stereocenters. The molecule has 1 aliphatic carbocycles. The van der Waals surface area contributed by atoms with Crippen molar-refractivity contribution in [3.05, 3.63) is 33.8 Å². The van der Waals surface area contributed by atoms with Crippen LogP contribution >= 0.6 is 23.2 Å². The zero-order valence-corrected chi connectivity index (χ0v) is 18.2. The topological polar surface area (TPSA) is 49.9 Å². The Bertz CT molecular complexity index is 744. The van der Waals surface area contributed by atoms with Gasteiger partial charge >= 0.3 is 6.09 Å². The Balaban J connectivity index is 1.69. The highest BCUT2D eigenvalue weighted by Crippen LogP contribution is 2.33. The van der Waals surface area contributed by atoms with Crippen molar-refractivity contribution in [2.75, 3.05) is 13.1 Å². The summed E-state index contributed by atoms with van der Waals surface area (Å²) >= 11 is 12.4. The van der Waals surface area contributed by atoms with E-state index >= 15 is 0 Å². The Morgan fingerprint density at radius 2 is 1.93 bits per heavy atom. The highest BCUT2D eigenvalue weighted by Gasteiger charge is 2.38. The SMILES string of the molecule is CC(C)(C)OC(=O)N1CCC[C@H](C(=O)N(Cc2cc(Cl)ccc2Cl)C2CC2)C1. The maximum atomic E-state index is 13.3. The number of ether oxygens (including phenoxy) is 1. The Hall–Kier alpha value is -1.46. The second-order valence-electron chi connectivity index (χ2n) is 8.70. The fourth-order valence-electron chi connectivity index (χ4n) is 3.53. The summed E-state index contributed by atoms with van der Waals surface area (Å²) in [5, 5.41) is 1.22. The molecule has 0 aromatic heterocycles. The number of benzene rings is 1. The summed E-state index contributed by atoms with van der Waals surface area (Å²) in [6, 6.07) is 5.58. The van der Waals surface area contributed by atoms with E-state index in [4.69, 9.17) is 27.9 Å². The fourth-order valence-corrected chi connectivity index (χ4v) is 3.90. The van der Waals surface area contributed by atoms with Crippen molar-refractivity contribution in [2.45, 2.75) is 64.6 Å². The van der Waals surface area contributed by atoms with Gasteiger partial charge in [0.15, 0.2) is 0 Å². The molecule has 2 amide bonds. The third-order valence-electron chi connectivity index (χ3n) is 5.04. The molecule has 2 aliphatic rings. The monoisotopic (exact) mass is 426 g/mol. The van der Waals surface area contributed by atoms with Gasteiger partial charge in [-0.3, -0.25) is 4.79 Å². The zero-order chi connectivity index (χ0) is 20.5. The number of carbonyl (C=O) groups is 2. The van der Waals surface area contributed by atoms with Crippen LogP contribution in [0.15, 0.2) is 18.2 Å². The maximum Gasteiger partial charge on any atom is 0.410 e. The summed E-state index contributed by atoms with van der Waals surface area (Å²) < 4.78 is 5.48. The van der Waals surface area contributed by atoms with Crippen LogP contribution in [-0.2, 0) is 16.1 Å². The summed E-state index contributed by atoms with van der Waals surface area (Å²) in [5.74, 6) is -0.119. The van der Waals surface area contributed by atoms with Gasteiger partial charge in [-0.15, -0.1) is 0 Å². The van der Waals surface area contributed by atoms with E-state index in [2.05, 4.69) is 0 Å². The number of rotatable bonds is 4. The second-order valence-corrected chi connectivity index (χ2v) is 9.54. The van der Waals surface area contributed by atoms with Crippen LogP contribution in [0.5, 0.6) is 0 Å². The number of hydrogen-bond acceptors (Lipinski definition) is 3. The van der Waals surface area contributed by atoms with Crippen LogP contribution in [0.4, 0.5) is 4.79 Å². The van der Waals surface area contributed by atoms with E-state index in [1.54, 1.807) is 17.0 Å². The minimum Gasteiger partial charge on any atom is -0.444 e. The van der Waals surface area contributed by atoms with E-state index < -0.39 is 5.60 Å². The van der Waals surface area contributed by atoms with Gasteiger partial charge in [0, 0.05) is 35.7 Å². The van der Waals surface area contributed by atoms with E-state index in [0.29, 0.717) is 29.7 Å². The molecule has 0 radical (unpaired) electrons. The maximum absolute atomic E-state index is 13.3. The lowest BCUT2D eigenvalue weighted by Crippen LogP contribution is -2.48. The molecule has 1 aliphatic heterocycles. The van der Waals surface area contributed by atoms with Crippen LogP contribution in [0.3, 0.4) is 0 Å². The molecule has 1 aromatic carbocycles. The minimum atomic E-state index is -0.544. The average molecular weight is 427 g/mol. The van der Waals surface area contributed by atoms with Crippen molar-refractivity contribution < 1.29 is 14.3 Å². The van der Waals surface area contributed by atoms with E-state index in [0.717, 1.165) is 31.2 Å². The molecule has 1 atom stereocenters. The normalized spacial score (nSPS) is 20.0. The standard InChI is InChI=1S/C21H28Cl2N2O3/c1-21(2,3)28-20(27)24-10-4-5-14(12-24)19(26)25(17-7-8-17)13-15-11-16(22)6-9-18(15)23/h6,9,11,14,17H,4-5,7-8,10,12-13H2,1-3H3/t14-/m0/s1. The van der Waals surface area contributed by atoms with E-state index in [9.17, 15) is 9.59 Å². The largest absolute Gasteiger partial charge is 0.444 e. The van der Waals surface area contributed by atoms with Crippen LogP contribution in [0.25, 0.3) is 0 Å². The number of hydrogen-bond donors (Lipinski definition) is 0. The quantitative estimate of drug-likeness (QED) is 0.669. The first-order chi connectivity index (χ1) is 13.1. The molecular weight excluding hydrogens is 399 g/mol. The van der Waals surface area contributed by atoms with E-state index in [1.807, 2.05) is 31.7 Å². The van der Waals surface area contributed by atoms with Crippen LogP contribution in [0.1, 0.15) is 52.0 Å². The fraction of sp³-hybridized carbons (Fsp3) is 0.619. The molecule has 5 nitrogen and oxygen atoms in total. The first-order valence-electron chi connectivity index (χ1n) is 9.86. The van der Waals surface area contributed by atoms with Crippen LogP contribution in [-0.4, -0.2) is 46.5 Å². The van der Waals surface area contributed by atoms with Crippen molar-refractivity contribution in [3.8, 4) is 0 Å². The van der Waals surface area contributed by atoms with Gasteiger partial charge in [0.1, 0.15) is 5.60 Å². The van der Waals surface area contributed by atoms with E-state index in [1.165, 1.54) is 0 Å². The molecule has 0 spiro atoms. The molecule has 3 rings (SSSR count). The van der Waals surface area contributed by atoms with Gasteiger partial charge in [0.2, 0.25) is 5.91 Å². The highest BCUT2D eigenvalue weighted by atomic mass is 35.5. The van der Waals surface area contributed by atoms with Gasteiger partial charge in [-0.25, -0.2) is 4.79 Å². The van der Waals surface area contributed by atoms with Gasteiger partial charge in [0.05, 0.1) is 5.92 Å². The Labute approximate surface area is 176 Å². The molecule has 154 valence electrons. The van der Waals surface area contributed by atoms with Crippen molar-refractivity contribution >= 4 is 35.2 Å². The molecule has 1 saturated carbocycles. The molecular formula is C21H28Cl2N2O3. The number of piperidine rings is 1. The molecule has 0 N–H and O–H groups in total.